The van der Waals surface area contributed by atoms with Crippen LogP contribution >= 0.6 is 11.3 Å². The van der Waals surface area contributed by atoms with E-state index in [9.17, 15) is 0 Å². The third-order valence-corrected chi connectivity index (χ3v) is 3.78. The molecule has 0 unspecified atom stereocenters. The number of hydrogen-bond donors (Lipinski definition) is 1. The van der Waals surface area contributed by atoms with E-state index in [1.807, 2.05) is 6.07 Å². The Kier molecular flexibility index (Phi) is 4.39. The summed E-state index contributed by atoms with van der Waals surface area (Å²) in [6.45, 7) is 6.10. The summed E-state index contributed by atoms with van der Waals surface area (Å²) in [6, 6.07) is 8.53. The first-order valence-corrected chi connectivity index (χ1v) is 7.05. The van der Waals surface area contributed by atoms with Crippen LogP contribution in [0.5, 0.6) is 5.75 Å². The van der Waals surface area contributed by atoms with E-state index in [1.165, 1.54) is 21.6 Å². The maximum Gasteiger partial charge on any atom is 0.119 e. The van der Waals surface area contributed by atoms with Crippen LogP contribution in [0.2, 0.25) is 0 Å². The predicted octanol–water partition coefficient (Wildman–Crippen LogP) is 3.84. The summed E-state index contributed by atoms with van der Waals surface area (Å²) >= 11 is 1.79. The molecule has 2 aromatic rings. The summed E-state index contributed by atoms with van der Waals surface area (Å²) < 4.78 is 5.31. The van der Waals surface area contributed by atoms with Gasteiger partial charge in [0, 0.05) is 11.4 Å². The molecule has 0 fully saturated rings. The summed E-state index contributed by atoms with van der Waals surface area (Å²) in [4.78, 5) is 1.34. The second-order valence-electron chi connectivity index (χ2n) is 4.25. The van der Waals surface area contributed by atoms with Crippen molar-refractivity contribution in [1.82, 2.24) is 5.32 Å². The van der Waals surface area contributed by atoms with E-state index < -0.39 is 0 Å². The van der Waals surface area contributed by atoms with Crippen molar-refractivity contribution in [3.63, 3.8) is 0 Å². The second-order valence-corrected chi connectivity index (χ2v) is 5.36. The minimum absolute atomic E-state index is 0.873. The summed E-state index contributed by atoms with van der Waals surface area (Å²) in [7, 11) is 1.71. The molecule has 3 heteroatoms. The van der Waals surface area contributed by atoms with Crippen LogP contribution in [-0.2, 0) is 6.54 Å². The first kappa shape index (κ1) is 13.1. The molecule has 0 aliphatic rings. The zero-order valence-electron chi connectivity index (χ0n) is 11.1. The van der Waals surface area contributed by atoms with Gasteiger partial charge < -0.3 is 10.1 Å². The quantitative estimate of drug-likeness (QED) is 0.883. The number of aryl methyl sites for hydroxylation is 1. The van der Waals surface area contributed by atoms with Crippen LogP contribution < -0.4 is 10.1 Å². The molecule has 0 bridgehead atoms. The minimum atomic E-state index is 0.873. The smallest absolute Gasteiger partial charge is 0.119 e. The molecule has 0 saturated carbocycles. The van der Waals surface area contributed by atoms with Crippen LogP contribution in [0.1, 0.15) is 17.4 Å². The molecule has 0 aliphatic heterocycles. The van der Waals surface area contributed by atoms with Crippen molar-refractivity contribution in [2.24, 2.45) is 0 Å². The zero-order chi connectivity index (χ0) is 13.0. The first-order valence-electron chi connectivity index (χ1n) is 6.17. The Balaban J connectivity index is 2.38. The molecule has 0 atom stereocenters. The summed E-state index contributed by atoms with van der Waals surface area (Å²) in [6.07, 6.45) is 0. The Labute approximate surface area is 113 Å². The molecule has 0 aliphatic carbocycles. The molecule has 0 saturated heterocycles. The SMILES string of the molecule is CCNCc1cc(OC)ccc1-c1csc(C)c1. The molecular weight excluding hydrogens is 242 g/mol. The Morgan fingerprint density at radius 2 is 2.11 bits per heavy atom. The van der Waals surface area contributed by atoms with E-state index in [0.717, 1.165) is 18.8 Å². The fraction of sp³-hybridized carbons (Fsp3) is 0.333. The Bertz CT molecular complexity index is 519. The normalized spacial score (nSPS) is 10.6. The molecule has 1 N–H and O–H groups in total. The lowest BCUT2D eigenvalue weighted by molar-refractivity contribution is 0.414. The standard InChI is InChI=1S/C15H19NOS/c1-4-16-9-12-8-14(17-3)5-6-15(12)13-7-11(2)18-10-13/h5-8,10,16H,4,9H2,1-3H3. The molecule has 0 radical (unpaired) electrons. The maximum atomic E-state index is 5.31. The monoisotopic (exact) mass is 261 g/mol. The second kappa shape index (κ2) is 6.03. The lowest BCUT2D eigenvalue weighted by Crippen LogP contribution is -2.12. The highest BCUT2D eigenvalue weighted by Gasteiger charge is 2.08. The van der Waals surface area contributed by atoms with E-state index in [1.54, 1.807) is 18.4 Å². The van der Waals surface area contributed by atoms with E-state index in [2.05, 4.69) is 42.7 Å². The van der Waals surface area contributed by atoms with Gasteiger partial charge in [-0.25, -0.2) is 0 Å². The van der Waals surface area contributed by atoms with E-state index in [-0.39, 0.29) is 0 Å². The van der Waals surface area contributed by atoms with Gasteiger partial charge in [-0.15, -0.1) is 11.3 Å². The van der Waals surface area contributed by atoms with Gasteiger partial charge in [0.15, 0.2) is 0 Å². The largest absolute Gasteiger partial charge is 0.497 e. The van der Waals surface area contributed by atoms with Gasteiger partial charge in [0.1, 0.15) is 5.75 Å². The van der Waals surface area contributed by atoms with Crippen molar-refractivity contribution in [2.75, 3.05) is 13.7 Å². The highest BCUT2D eigenvalue weighted by Crippen LogP contribution is 2.30. The lowest BCUT2D eigenvalue weighted by atomic mass is 10.0. The van der Waals surface area contributed by atoms with Crippen LogP contribution in [0.15, 0.2) is 29.6 Å². The third kappa shape index (κ3) is 2.92. The summed E-state index contributed by atoms with van der Waals surface area (Å²) in [5.41, 5.74) is 3.88. The first-order chi connectivity index (χ1) is 8.74. The van der Waals surface area contributed by atoms with Crippen molar-refractivity contribution in [1.29, 1.82) is 0 Å². The molecule has 96 valence electrons. The highest BCUT2D eigenvalue weighted by molar-refractivity contribution is 7.10. The van der Waals surface area contributed by atoms with E-state index in [0.29, 0.717) is 0 Å². The summed E-state index contributed by atoms with van der Waals surface area (Å²) in [5.74, 6) is 0.915. The Morgan fingerprint density at radius 1 is 1.28 bits per heavy atom. The predicted molar refractivity (Wildman–Crippen MR) is 78.4 cm³/mol. The average Bonchev–Trinajstić information content (AvgIpc) is 2.82. The molecule has 1 aromatic heterocycles. The Morgan fingerprint density at radius 3 is 2.72 bits per heavy atom. The van der Waals surface area contributed by atoms with Crippen LogP contribution in [-0.4, -0.2) is 13.7 Å². The number of ether oxygens (including phenoxy) is 1. The number of hydrogen-bond acceptors (Lipinski definition) is 3. The van der Waals surface area contributed by atoms with Crippen molar-refractivity contribution in [3.8, 4) is 16.9 Å². The van der Waals surface area contributed by atoms with Crippen LogP contribution in [0.4, 0.5) is 0 Å². The molecular formula is C15H19NOS. The topological polar surface area (TPSA) is 21.3 Å². The van der Waals surface area contributed by atoms with Gasteiger partial charge in [0.05, 0.1) is 7.11 Å². The Hall–Kier alpha value is -1.32. The van der Waals surface area contributed by atoms with Crippen LogP contribution in [0.3, 0.4) is 0 Å². The molecule has 2 rings (SSSR count). The van der Waals surface area contributed by atoms with Crippen molar-refractivity contribution in [3.05, 3.63) is 40.1 Å². The lowest BCUT2D eigenvalue weighted by Gasteiger charge is -2.11. The number of thiophene rings is 1. The minimum Gasteiger partial charge on any atom is -0.497 e. The average molecular weight is 261 g/mol. The van der Waals surface area contributed by atoms with Gasteiger partial charge in [-0.05, 0) is 53.7 Å². The van der Waals surface area contributed by atoms with Crippen LogP contribution in [0, 0.1) is 6.92 Å². The maximum absolute atomic E-state index is 5.31. The fourth-order valence-electron chi connectivity index (χ4n) is 1.97. The van der Waals surface area contributed by atoms with Gasteiger partial charge in [-0.2, -0.15) is 0 Å². The number of benzene rings is 1. The number of nitrogens with one attached hydrogen (secondary N) is 1. The van der Waals surface area contributed by atoms with Gasteiger partial charge in [0.2, 0.25) is 0 Å². The fourth-order valence-corrected chi connectivity index (χ4v) is 2.67. The highest BCUT2D eigenvalue weighted by atomic mass is 32.1. The van der Waals surface area contributed by atoms with Crippen molar-refractivity contribution in [2.45, 2.75) is 20.4 Å². The van der Waals surface area contributed by atoms with Crippen LogP contribution in [0.25, 0.3) is 11.1 Å². The number of rotatable bonds is 5. The third-order valence-electron chi connectivity index (χ3n) is 2.92. The van der Waals surface area contributed by atoms with Crippen molar-refractivity contribution >= 4 is 11.3 Å². The van der Waals surface area contributed by atoms with E-state index >= 15 is 0 Å². The van der Waals surface area contributed by atoms with E-state index in [4.69, 9.17) is 4.74 Å². The molecule has 18 heavy (non-hydrogen) atoms. The van der Waals surface area contributed by atoms with Crippen molar-refractivity contribution < 1.29 is 4.74 Å². The summed E-state index contributed by atoms with van der Waals surface area (Å²) in [5, 5.41) is 5.60. The molecule has 1 heterocycles. The molecule has 1 aromatic carbocycles. The van der Waals surface area contributed by atoms with Gasteiger partial charge >= 0.3 is 0 Å². The van der Waals surface area contributed by atoms with Gasteiger partial charge in [-0.1, -0.05) is 13.0 Å². The molecule has 2 nitrogen and oxygen atoms in total. The van der Waals surface area contributed by atoms with Gasteiger partial charge in [0.25, 0.3) is 0 Å². The number of methoxy groups -OCH3 is 1. The molecule has 0 amide bonds. The van der Waals surface area contributed by atoms with Gasteiger partial charge in [-0.3, -0.25) is 0 Å². The zero-order valence-corrected chi connectivity index (χ0v) is 11.9. The molecule has 0 spiro atoms.